The smallest absolute Gasteiger partial charge is 0.160 e. The van der Waals surface area contributed by atoms with Crippen LogP contribution in [0.15, 0.2) is 22.1 Å². The Bertz CT molecular complexity index is 983. The maximum atomic E-state index is 5.53. The van der Waals surface area contributed by atoms with Crippen LogP contribution in [0.25, 0.3) is 5.65 Å². The van der Waals surface area contributed by atoms with Crippen molar-refractivity contribution in [2.45, 2.75) is 64.6 Å². The van der Waals surface area contributed by atoms with Crippen LogP contribution in [0.4, 0.5) is 11.6 Å². The van der Waals surface area contributed by atoms with Crippen molar-refractivity contribution in [1.82, 2.24) is 14.6 Å². The van der Waals surface area contributed by atoms with E-state index in [1.165, 1.54) is 12.8 Å². The molecule has 3 aliphatic heterocycles. The van der Waals surface area contributed by atoms with Crippen molar-refractivity contribution in [1.29, 1.82) is 0 Å². The zero-order chi connectivity index (χ0) is 20.7. The maximum Gasteiger partial charge on any atom is 0.160 e. The van der Waals surface area contributed by atoms with E-state index in [0.717, 1.165) is 73.5 Å². The monoisotopic (exact) mass is 409 g/mol. The molecule has 0 amide bonds. The standard InChI is InChI=1S/C22H31N7O/c1-14-15(2)24-22(16(3)23-14)18-12-20-26-19(28-8-4-5-9-28)13-21(29(20)27-18)25-17-6-10-30-11-7-17/h12-15,17,25H,4-11H2,1-3H3. The molecule has 160 valence electrons. The molecule has 0 spiro atoms. The Morgan fingerprint density at radius 3 is 2.53 bits per heavy atom. The minimum absolute atomic E-state index is 0.154. The Kier molecular flexibility index (Phi) is 5.18. The van der Waals surface area contributed by atoms with Gasteiger partial charge in [0.05, 0.1) is 17.8 Å². The number of anilines is 2. The summed E-state index contributed by atoms with van der Waals surface area (Å²) in [6.07, 6.45) is 4.46. The molecule has 2 atom stereocenters. The summed E-state index contributed by atoms with van der Waals surface area (Å²) in [5, 5.41) is 8.62. The highest BCUT2D eigenvalue weighted by Crippen LogP contribution is 2.26. The lowest BCUT2D eigenvalue weighted by Crippen LogP contribution is -2.30. The van der Waals surface area contributed by atoms with Gasteiger partial charge in [0.25, 0.3) is 0 Å². The summed E-state index contributed by atoms with van der Waals surface area (Å²) in [6, 6.07) is 4.95. The van der Waals surface area contributed by atoms with Crippen LogP contribution < -0.4 is 10.2 Å². The van der Waals surface area contributed by atoms with Gasteiger partial charge in [0, 0.05) is 44.5 Å². The third-order valence-electron chi connectivity index (χ3n) is 6.43. The fraction of sp³-hybridized carbons (Fsp3) is 0.636. The molecule has 30 heavy (non-hydrogen) atoms. The topological polar surface area (TPSA) is 79.4 Å². The van der Waals surface area contributed by atoms with Crippen LogP contribution in [-0.4, -0.2) is 70.5 Å². The van der Waals surface area contributed by atoms with E-state index < -0.39 is 0 Å². The third kappa shape index (κ3) is 3.69. The van der Waals surface area contributed by atoms with Crippen molar-refractivity contribution < 1.29 is 4.74 Å². The molecule has 8 nitrogen and oxygen atoms in total. The predicted octanol–water partition coefficient (Wildman–Crippen LogP) is 2.96. The van der Waals surface area contributed by atoms with E-state index in [4.69, 9.17) is 24.8 Å². The Morgan fingerprint density at radius 1 is 1.03 bits per heavy atom. The highest BCUT2D eigenvalue weighted by Gasteiger charge is 2.24. The summed E-state index contributed by atoms with van der Waals surface area (Å²) in [5.74, 6) is 2.02. The third-order valence-corrected chi connectivity index (χ3v) is 6.43. The molecule has 0 aliphatic carbocycles. The van der Waals surface area contributed by atoms with Crippen LogP contribution in [0.5, 0.6) is 0 Å². The van der Waals surface area contributed by atoms with E-state index in [0.29, 0.717) is 6.04 Å². The lowest BCUT2D eigenvalue weighted by atomic mass is 10.1. The van der Waals surface area contributed by atoms with Crippen molar-refractivity contribution in [2.24, 2.45) is 9.98 Å². The second-order valence-electron chi connectivity index (χ2n) is 8.70. The molecule has 2 saturated heterocycles. The lowest BCUT2D eigenvalue weighted by Gasteiger charge is -2.25. The number of hydrogen-bond acceptors (Lipinski definition) is 7. The van der Waals surface area contributed by atoms with Crippen LogP contribution in [0, 0.1) is 0 Å². The first-order valence-electron chi connectivity index (χ1n) is 11.2. The van der Waals surface area contributed by atoms with Crippen molar-refractivity contribution in [2.75, 3.05) is 36.5 Å². The number of aromatic nitrogens is 3. The fourth-order valence-corrected chi connectivity index (χ4v) is 4.47. The summed E-state index contributed by atoms with van der Waals surface area (Å²) in [5.41, 5.74) is 3.52. The molecular formula is C22H31N7O. The molecule has 0 saturated carbocycles. The Balaban J connectivity index is 1.56. The molecule has 0 radical (unpaired) electrons. The lowest BCUT2D eigenvalue weighted by molar-refractivity contribution is 0.0903. The Morgan fingerprint density at radius 2 is 1.77 bits per heavy atom. The van der Waals surface area contributed by atoms with E-state index in [-0.39, 0.29) is 12.1 Å². The van der Waals surface area contributed by atoms with E-state index in [9.17, 15) is 0 Å². The van der Waals surface area contributed by atoms with Gasteiger partial charge in [-0.2, -0.15) is 9.61 Å². The molecule has 5 rings (SSSR count). The number of nitrogens with zero attached hydrogens (tertiary/aromatic N) is 6. The normalized spacial score (nSPS) is 25.5. The number of rotatable bonds is 4. The Hall–Kier alpha value is -2.48. The molecule has 2 aromatic rings. The van der Waals surface area contributed by atoms with Gasteiger partial charge in [-0.05, 0) is 46.5 Å². The first kappa shape index (κ1) is 19.5. The second kappa shape index (κ2) is 7.98. The van der Waals surface area contributed by atoms with Crippen LogP contribution in [0.3, 0.4) is 0 Å². The second-order valence-corrected chi connectivity index (χ2v) is 8.70. The van der Waals surface area contributed by atoms with Crippen molar-refractivity contribution in [3.05, 3.63) is 17.8 Å². The van der Waals surface area contributed by atoms with Crippen LogP contribution >= 0.6 is 0 Å². The van der Waals surface area contributed by atoms with Gasteiger partial charge in [0.15, 0.2) is 5.65 Å². The van der Waals surface area contributed by atoms with Gasteiger partial charge >= 0.3 is 0 Å². The summed E-state index contributed by atoms with van der Waals surface area (Å²) >= 11 is 0. The van der Waals surface area contributed by atoms with Gasteiger partial charge in [-0.15, -0.1) is 0 Å². The number of fused-ring (bicyclic) bond motifs is 1. The summed E-state index contributed by atoms with van der Waals surface area (Å²) < 4.78 is 7.47. The van der Waals surface area contributed by atoms with Gasteiger partial charge < -0.3 is 15.0 Å². The SMILES string of the molecule is CC1=NC(C)C(C)N=C1c1cc2nc(N3CCCC3)cc(NC3CCOCC3)n2n1. The first-order chi connectivity index (χ1) is 14.6. The van der Waals surface area contributed by atoms with Crippen LogP contribution in [0.2, 0.25) is 0 Å². The molecule has 2 fully saturated rings. The van der Waals surface area contributed by atoms with E-state index in [1.54, 1.807) is 0 Å². The molecule has 2 unspecified atom stereocenters. The average molecular weight is 410 g/mol. The average Bonchev–Trinajstić information content (AvgIpc) is 3.41. The minimum Gasteiger partial charge on any atom is -0.381 e. The molecule has 1 N–H and O–H groups in total. The van der Waals surface area contributed by atoms with Gasteiger partial charge in [0.2, 0.25) is 0 Å². The van der Waals surface area contributed by atoms with Gasteiger partial charge in [-0.25, -0.2) is 4.98 Å². The van der Waals surface area contributed by atoms with Gasteiger partial charge in [-0.1, -0.05) is 0 Å². The molecule has 0 bridgehead atoms. The predicted molar refractivity (Wildman–Crippen MR) is 120 cm³/mol. The van der Waals surface area contributed by atoms with Crippen molar-refractivity contribution in [3.8, 4) is 0 Å². The van der Waals surface area contributed by atoms with Crippen LogP contribution in [-0.2, 0) is 4.74 Å². The molecule has 3 aliphatic rings. The number of ether oxygens (including phenoxy) is 1. The Labute approximate surface area is 177 Å². The highest BCUT2D eigenvalue weighted by molar-refractivity contribution is 6.47. The quantitative estimate of drug-likeness (QED) is 0.840. The highest BCUT2D eigenvalue weighted by atomic mass is 16.5. The number of aliphatic imine (C=N–C) groups is 2. The van der Waals surface area contributed by atoms with Crippen molar-refractivity contribution in [3.63, 3.8) is 0 Å². The summed E-state index contributed by atoms with van der Waals surface area (Å²) in [6.45, 7) is 9.98. The van der Waals surface area contributed by atoms with Crippen LogP contribution in [0.1, 0.15) is 52.1 Å². The number of hydrogen-bond donors (Lipinski definition) is 1. The number of nitrogens with one attached hydrogen (secondary N) is 1. The minimum atomic E-state index is 0.154. The first-order valence-corrected chi connectivity index (χ1v) is 11.2. The maximum absolute atomic E-state index is 5.53. The zero-order valence-electron chi connectivity index (χ0n) is 18.1. The molecule has 5 heterocycles. The fourth-order valence-electron chi connectivity index (χ4n) is 4.47. The van der Waals surface area contributed by atoms with Gasteiger partial charge in [0.1, 0.15) is 23.0 Å². The molecule has 0 aromatic carbocycles. The van der Waals surface area contributed by atoms with Crippen molar-refractivity contribution >= 4 is 28.7 Å². The van der Waals surface area contributed by atoms with E-state index in [1.807, 2.05) is 11.4 Å². The van der Waals surface area contributed by atoms with Gasteiger partial charge in [-0.3, -0.25) is 9.98 Å². The zero-order valence-corrected chi connectivity index (χ0v) is 18.1. The molecular weight excluding hydrogens is 378 g/mol. The van der Waals surface area contributed by atoms with E-state index in [2.05, 4.69) is 36.2 Å². The summed E-state index contributed by atoms with van der Waals surface area (Å²) in [4.78, 5) is 17.0. The van der Waals surface area contributed by atoms with E-state index >= 15 is 0 Å². The summed E-state index contributed by atoms with van der Waals surface area (Å²) in [7, 11) is 0. The molecule has 2 aromatic heterocycles. The molecule has 8 heteroatoms. The largest absolute Gasteiger partial charge is 0.381 e.